The SMILES string of the molecule is CC[C@@H](C(=O)O)N(N=C(N)N)c1ccccc1. The monoisotopic (exact) mass is 236 g/mol. The number of carbonyl (C=O) groups is 1. The van der Waals surface area contributed by atoms with Gasteiger partial charge in [0.15, 0.2) is 0 Å². The standard InChI is InChI=1S/C11H16N4O2/c1-2-9(10(16)17)15(14-11(12)13)8-6-4-3-5-7-8/h3-7,9H,2H2,1H3,(H,16,17)(H4,12,13,14)/t9-/m0/s1. The number of para-hydroxylation sites is 1. The molecule has 0 radical (unpaired) electrons. The minimum atomic E-state index is -0.971. The molecule has 1 rings (SSSR count). The molecule has 6 heteroatoms. The van der Waals surface area contributed by atoms with Gasteiger partial charge in [0.2, 0.25) is 5.96 Å². The zero-order chi connectivity index (χ0) is 12.8. The summed E-state index contributed by atoms with van der Waals surface area (Å²) < 4.78 is 0. The molecular formula is C11H16N4O2. The van der Waals surface area contributed by atoms with Crippen molar-refractivity contribution >= 4 is 17.6 Å². The molecule has 0 aliphatic carbocycles. The van der Waals surface area contributed by atoms with E-state index >= 15 is 0 Å². The van der Waals surface area contributed by atoms with Gasteiger partial charge in [-0.05, 0) is 18.6 Å². The van der Waals surface area contributed by atoms with Crippen molar-refractivity contribution in [1.29, 1.82) is 0 Å². The first-order chi connectivity index (χ1) is 8.06. The van der Waals surface area contributed by atoms with Crippen molar-refractivity contribution in [2.24, 2.45) is 16.6 Å². The van der Waals surface area contributed by atoms with E-state index in [-0.39, 0.29) is 5.96 Å². The number of carboxylic acids is 1. The predicted molar refractivity (Wildman–Crippen MR) is 66.4 cm³/mol. The number of benzene rings is 1. The van der Waals surface area contributed by atoms with Gasteiger partial charge in [0, 0.05) is 0 Å². The highest BCUT2D eigenvalue weighted by Gasteiger charge is 2.24. The Labute approximate surface area is 99.5 Å². The number of hydrogen-bond donors (Lipinski definition) is 3. The molecule has 0 bridgehead atoms. The summed E-state index contributed by atoms with van der Waals surface area (Å²) in [6.45, 7) is 1.76. The molecule has 1 aromatic rings. The van der Waals surface area contributed by atoms with Gasteiger partial charge >= 0.3 is 5.97 Å². The van der Waals surface area contributed by atoms with E-state index in [4.69, 9.17) is 16.6 Å². The minimum Gasteiger partial charge on any atom is -0.480 e. The first-order valence-electron chi connectivity index (χ1n) is 5.23. The van der Waals surface area contributed by atoms with E-state index in [1.165, 1.54) is 5.01 Å². The van der Waals surface area contributed by atoms with E-state index in [0.717, 1.165) is 0 Å². The van der Waals surface area contributed by atoms with Gasteiger partial charge in [-0.2, -0.15) is 0 Å². The van der Waals surface area contributed by atoms with Gasteiger partial charge in [0.25, 0.3) is 0 Å². The van der Waals surface area contributed by atoms with Crippen LogP contribution in [0, 0.1) is 0 Å². The van der Waals surface area contributed by atoms with E-state index in [1.807, 2.05) is 6.07 Å². The lowest BCUT2D eigenvalue weighted by molar-refractivity contribution is -0.138. The third-order valence-corrected chi connectivity index (χ3v) is 2.21. The molecule has 0 saturated heterocycles. The summed E-state index contributed by atoms with van der Waals surface area (Å²) in [5, 5.41) is 14.3. The first kappa shape index (κ1) is 12.8. The fourth-order valence-electron chi connectivity index (χ4n) is 1.46. The molecule has 0 unspecified atom stereocenters. The Morgan fingerprint density at radius 2 is 2.00 bits per heavy atom. The molecule has 1 atom stereocenters. The zero-order valence-corrected chi connectivity index (χ0v) is 9.58. The maximum Gasteiger partial charge on any atom is 0.328 e. The zero-order valence-electron chi connectivity index (χ0n) is 9.58. The predicted octanol–water partition coefficient (Wildman–Crippen LogP) is 0.545. The number of nitrogens with zero attached hydrogens (tertiary/aromatic N) is 2. The molecule has 17 heavy (non-hydrogen) atoms. The van der Waals surface area contributed by atoms with Gasteiger partial charge in [-0.15, -0.1) is 5.10 Å². The third kappa shape index (κ3) is 3.37. The fraction of sp³-hybridized carbons (Fsp3) is 0.273. The van der Waals surface area contributed by atoms with Crippen molar-refractivity contribution in [2.75, 3.05) is 5.01 Å². The Hall–Kier alpha value is -2.24. The molecule has 92 valence electrons. The number of aliphatic carboxylic acids is 1. The molecule has 0 aliphatic heterocycles. The number of hydrogen-bond acceptors (Lipinski definition) is 3. The fourth-order valence-corrected chi connectivity index (χ4v) is 1.46. The van der Waals surface area contributed by atoms with E-state index in [0.29, 0.717) is 12.1 Å². The highest BCUT2D eigenvalue weighted by molar-refractivity contribution is 5.81. The van der Waals surface area contributed by atoms with Crippen molar-refractivity contribution in [3.05, 3.63) is 30.3 Å². The van der Waals surface area contributed by atoms with Crippen molar-refractivity contribution in [2.45, 2.75) is 19.4 Å². The van der Waals surface area contributed by atoms with Crippen LogP contribution in [0.5, 0.6) is 0 Å². The van der Waals surface area contributed by atoms with Crippen LogP contribution in [-0.2, 0) is 4.79 Å². The molecule has 0 fully saturated rings. The second kappa shape index (κ2) is 5.74. The lowest BCUT2D eigenvalue weighted by Crippen LogP contribution is -2.40. The highest BCUT2D eigenvalue weighted by Crippen LogP contribution is 2.18. The Bertz CT molecular complexity index is 401. The summed E-state index contributed by atoms with van der Waals surface area (Å²) in [4.78, 5) is 11.1. The molecule has 0 aliphatic rings. The molecular weight excluding hydrogens is 220 g/mol. The Kier molecular flexibility index (Phi) is 4.33. The van der Waals surface area contributed by atoms with Crippen LogP contribution in [0.1, 0.15) is 13.3 Å². The maximum absolute atomic E-state index is 11.1. The van der Waals surface area contributed by atoms with E-state index < -0.39 is 12.0 Å². The van der Waals surface area contributed by atoms with Gasteiger partial charge in [-0.3, -0.25) is 0 Å². The molecule has 0 heterocycles. The summed E-state index contributed by atoms with van der Waals surface area (Å²) in [7, 11) is 0. The van der Waals surface area contributed by atoms with Gasteiger partial charge in [0.1, 0.15) is 6.04 Å². The maximum atomic E-state index is 11.1. The van der Waals surface area contributed by atoms with Crippen LogP contribution in [0.4, 0.5) is 5.69 Å². The number of carboxylic acid groups (broad SMARTS) is 1. The summed E-state index contributed by atoms with van der Waals surface area (Å²) in [5.74, 6) is -1.14. The summed E-state index contributed by atoms with van der Waals surface area (Å²) >= 11 is 0. The quantitative estimate of drug-likeness (QED) is 0.393. The smallest absolute Gasteiger partial charge is 0.328 e. The largest absolute Gasteiger partial charge is 0.480 e. The van der Waals surface area contributed by atoms with Crippen molar-refractivity contribution in [1.82, 2.24) is 0 Å². The molecule has 0 aromatic heterocycles. The van der Waals surface area contributed by atoms with E-state index in [1.54, 1.807) is 31.2 Å². The summed E-state index contributed by atoms with van der Waals surface area (Å²) in [6.07, 6.45) is 0.390. The second-order valence-electron chi connectivity index (χ2n) is 3.47. The summed E-state index contributed by atoms with van der Waals surface area (Å²) in [5.41, 5.74) is 11.3. The van der Waals surface area contributed by atoms with Gasteiger partial charge < -0.3 is 16.6 Å². The second-order valence-corrected chi connectivity index (χ2v) is 3.47. The number of hydrazone groups is 1. The van der Waals surface area contributed by atoms with Crippen LogP contribution in [0.3, 0.4) is 0 Å². The van der Waals surface area contributed by atoms with Crippen LogP contribution in [0.15, 0.2) is 35.4 Å². The highest BCUT2D eigenvalue weighted by atomic mass is 16.4. The average molecular weight is 236 g/mol. The lowest BCUT2D eigenvalue weighted by Gasteiger charge is -2.25. The molecule has 0 saturated carbocycles. The van der Waals surface area contributed by atoms with Crippen molar-refractivity contribution in [3.63, 3.8) is 0 Å². The number of nitrogens with two attached hydrogens (primary N) is 2. The first-order valence-corrected chi connectivity index (χ1v) is 5.23. The number of anilines is 1. The third-order valence-electron chi connectivity index (χ3n) is 2.21. The molecule has 6 nitrogen and oxygen atoms in total. The van der Waals surface area contributed by atoms with Gasteiger partial charge in [-0.25, -0.2) is 9.80 Å². The minimum absolute atomic E-state index is 0.173. The van der Waals surface area contributed by atoms with Crippen LogP contribution in [0.25, 0.3) is 0 Å². The van der Waals surface area contributed by atoms with E-state index in [9.17, 15) is 4.79 Å². The van der Waals surface area contributed by atoms with Crippen molar-refractivity contribution in [3.8, 4) is 0 Å². The van der Waals surface area contributed by atoms with Gasteiger partial charge in [-0.1, -0.05) is 25.1 Å². The summed E-state index contributed by atoms with van der Waals surface area (Å²) in [6, 6.07) is 8.12. The topological polar surface area (TPSA) is 105 Å². The molecule has 5 N–H and O–H groups in total. The number of guanidine groups is 1. The molecule has 1 aromatic carbocycles. The average Bonchev–Trinajstić information content (AvgIpc) is 2.29. The normalized spacial score (nSPS) is 11.6. The molecule has 0 amide bonds. The Morgan fingerprint density at radius 1 is 1.41 bits per heavy atom. The van der Waals surface area contributed by atoms with Crippen LogP contribution in [0.2, 0.25) is 0 Å². The Morgan fingerprint density at radius 3 is 2.41 bits per heavy atom. The van der Waals surface area contributed by atoms with Crippen molar-refractivity contribution < 1.29 is 9.90 Å². The lowest BCUT2D eigenvalue weighted by atomic mass is 10.2. The van der Waals surface area contributed by atoms with Crippen LogP contribution >= 0.6 is 0 Å². The molecule has 0 spiro atoms. The van der Waals surface area contributed by atoms with Gasteiger partial charge in [0.05, 0.1) is 5.69 Å². The van der Waals surface area contributed by atoms with E-state index in [2.05, 4.69) is 5.10 Å². The number of rotatable bonds is 5. The van der Waals surface area contributed by atoms with Crippen LogP contribution in [-0.4, -0.2) is 23.1 Å². The Balaban J connectivity index is 3.12. The van der Waals surface area contributed by atoms with Crippen LogP contribution < -0.4 is 16.5 Å².